The van der Waals surface area contributed by atoms with E-state index in [1.54, 1.807) is 23.9 Å². The van der Waals surface area contributed by atoms with Gasteiger partial charge in [-0.15, -0.1) is 0 Å². The Balaban J connectivity index is 2.38. The van der Waals surface area contributed by atoms with Gasteiger partial charge in [-0.25, -0.2) is 4.39 Å². The number of aliphatic hydroxyl groups is 1. The fourth-order valence-corrected chi connectivity index (χ4v) is 3.31. The Morgan fingerprint density at radius 3 is 2.93 bits per heavy atom. The molecule has 2 atom stereocenters. The van der Waals surface area contributed by atoms with Gasteiger partial charge in [0.2, 0.25) is 0 Å². The number of hydrogen-bond acceptors (Lipinski definition) is 2. The fourth-order valence-electron chi connectivity index (χ4n) is 1.80. The molecule has 14 heavy (non-hydrogen) atoms. The fraction of sp³-hybridized carbons (Fsp3) is 0.455. The van der Waals surface area contributed by atoms with Gasteiger partial charge >= 0.3 is 0 Å². The number of benzene rings is 1. The van der Waals surface area contributed by atoms with Gasteiger partial charge in [-0.3, -0.25) is 0 Å². The molecule has 1 N–H and O–H groups in total. The SMILES string of the molecule is C[C@H]1CSC[C@@]1(O)c1cccc(F)c1. The van der Waals surface area contributed by atoms with Gasteiger partial charge in [-0.05, 0) is 29.4 Å². The number of thioether (sulfide) groups is 1. The molecule has 0 unspecified atom stereocenters. The molecular formula is C11H13FOS. The van der Waals surface area contributed by atoms with Crippen LogP contribution in [-0.2, 0) is 5.60 Å². The smallest absolute Gasteiger partial charge is 0.123 e. The maximum absolute atomic E-state index is 13.0. The zero-order valence-electron chi connectivity index (χ0n) is 8.03. The monoisotopic (exact) mass is 212 g/mol. The van der Waals surface area contributed by atoms with Crippen molar-refractivity contribution in [3.8, 4) is 0 Å². The third-order valence-corrected chi connectivity index (χ3v) is 4.21. The Morgan fingerprint density at radius 2 is 2.36 bits per heavy atom. The lowest BCUT2D eigenvalue weighted by Crippen LogP contribution is -2.32. The lowest BCUT2D eigenvalue weighted by atomic mass is 9.85. The van der Waals surface area contributed by atoms with Gasteiger partial charge in [-0.2, -0.15) is 11.8 Å². The number of rotatable bonds is 1. The first-order valence-corrected chi connectivity index (χ1v) is 5.84. The molecule has 0 spiro atoms. The highest BCUT2D eigenvalue weighted by Gasteiger charge is 2.40. The van der Waals surface area contributed by atoms with E-state index in [2.05, 4.69) is 0 Å². The lowest BCUT2D eigenvalue weighted by molar-refractivity contribution is 0.0232. The third-order valence-electron chi connectivity index (χ3n) is 2.83. The van der Waals surface area contributed by atoms with Crippen molar-refractivity contribution in [2.75, 3.05) is 11.5 Å². The van der Waals surface area contributed by atoms with Crippen molar-refractivity contribution in [3.63, 3.8) is 0 Å². The molecule has 1 fully saturated rings. The maximum Gasteiger partial charge on any atom is 0.123 e. The summed E-state index contributed by atoms with van der Waals surface area (Å²) in [5.41, 5.74) is -0.137. The lowest BCUT2D eigenvalue weighted by Gasteiger charge is -2.27. The molecule has 1 aromatic carbocycles. The molecule has 1 aliphatic rings. The minimum Gasteiger partial charge on any atom is -0.384 e. The van der Waals surface area contributed by atoms with Gasteiger partial charge in [0.1, 0.15) is 11.4 Å². The van der Waals surface area contributed by atoms with Crippen LogP contribution < -0.4 is 0 Å². The molecule has 0 aliphatic carbocycles. The Hall–Kier alpha value is -0.540. The summed E-state index contributed by atoms with van der Waals surface area (Å²) in [4.78, 5) is 0. The molecule has 1 saturated heterocycles. The summed E-state index contributed by atoms with van der Waals surface area (Å²) in [6, 6.07) is 6.28. The topological polar surface area (TPSA) is 20.2 Å². The Kier molecular flexibility index (Phi) is 2.54. The van der Waals surface area contributed by atoms with Gasteiger partial charge in [0.15, 0.2) is 0 Å². The predicted octanol–water partition coefficient (Wildman–Crippen LogP) is 2.40. The molecule has 1 heterocycles. The van der Waals surface area contributed by atoms with Gasteiger partial charge in [0.05, 0.1) is 0 Å². The summed E-state index contributed by atoms with van der Waals surface area (Å²) >= 11 is 1.72. The van der Waals surface area contributed by atoms with E-state index in [1.165, 1.54) is 12.1 Å². The highest BCUT2D eigenvalue weighted by Crippen LogP contribution is 2.41. The third kappa shape index (κ3) is 1.55. The van der Waals surface area contributed by atoms with E-state index in [9.17, 15) is 9.50 Å². The molecule has 1 aliphatic heterocycles. The second kappa shape index (κ2) is 3.55. The zero-order valence-corrected chi connectivity index (χ0v) is 8.85. The molecule has 0 radical (unpaired) electrons. The van der Waals surface area contributed by atoms with Crippen LogP contribution in [0, 0.1) is 11.7 Å². The van der Waals surface area contributed by atoms with E-state index in [4.69, 9.17) is 0 Å². The normalized spacial score (nSPS) is 32.1. The first kappa shape index (κ1) is 9.99. The van der Waals surface area contributed by atoms with Gasteiger partial charge in [-0.1, -0.05) is 19.1 Å². The molecule has 0 aromatic heterocycles. The number of halogens is 1. The van der Waals surface area contributed by atoms with Crippen LogP contribution in [0.25, 0.3) is 0 Å². The van der Waals surface area contributed by atoms with Crippen molar-refractivity contribution in [2.24, 2.45) is 5.92 Å². The molecule has 3 heteroatoms. The van der Waals surface area contributed by atoms with Crippen molar-refractivity contribution in [3.05, 3.63) is 35.6 Å². The van der Waals surface area contributed by atoms with E-state index < -0.39 is 5.60 Å². The minimum absolute atomic E-state index is 0.189. The van der Waals surface area contributed by atoms with Gasteiger partial charge in [0, 0.05) is 5.75 Å². The highest BCUT2D eigenvalue weighted by molar-refractivity contribution is 7.99. The Bertz CT molecular complexity index is 342. The van der Waals surface area contributed by atoms with Gasteiger partial charge < -0.3 is 5.11 Å². The van der Waals surface area contributed by atoms with Crippen LogP contribution >= 0.6 is 11.8 Å². The largest absolute Gasteiger partial charge is 0.384 e. The van der Waals surface area contributed by atoms with Crippen LogP contribution in [0.2, 0.25) is 0 Å². The predicted molar refractivity (Wildman–Crippen MR) is 56.8 cm³/mol. The molecule has 2 rings (SSSR count). The zero-order chi connectivity index (χ0) is 10.2. The van der Waals surface area contributed by atoms with Crippen molar-refractivity contribution in [1.29, 1.82) is 0 Å². The van der Waals surface area contributed by atoms with Crippen LogP contribution in [0.1, 0.15) is 12.5 Å². The minimum atomic E-state index is -0.841. The summed E-state index contributed by atoms with van der Waals surface area (Å²) in [5.74, 6) is 1.51. The standard InChI is InChI=1S/C11H13FOS/c1-8-6-14-7-11(8,13)9-3-2-4-10(12)5-9/h2-5,8,13H,6-7H2,1H3/t8-,11-/m0/s1. The van der Waals surface area contributed by atoms with E-state index in [1.807, 2.05) is 6.92 Å². The Labute approximate surface area is 87.3 Å². The molecule has 1 aromatic rings. The van der Waals surface area contributed by atoms with E-state index in [0.717, 1.165) is 5.75 Å². The van der Waals surface area contributed by atoms with Crippen LogP contribution in [0.3, 0.4) is 0 Å². The quantitative estimate of drug-likeness (QED) is 0.771. The first-order chi connectivity index (χ1) is 6.63. The van der Waals surface area contributed by atoms with Crippen LogP contribution in [-0.4, -0.2) is 16.6 Å². The van der Waals surface area contributed by atoms with Crippen molar-refractivity contribution >= 4 is 11.8 Å². The first-order valence-electron chi connectivity index (χ1n) is 4.69. The Morgan fingerprint density at radius 1 is 1.57 bits per heavy atom. The average molecular weight is 212 g/mol. The molecular weight excluding hydrogens is 199 g/mol. The van der Waals surface area contributed by atoms with Crippen molar-refractivity contribution in [1.82, 2.24) is 0 Å². The van der Waals surface area contributed by atoms with E-state index in [-0.39, 0.29) is 11.7 Å². The van der Waals surface area contributed by atoms with Gasteiger partial charge in [0.25, 0.3) is 0 Å². The van der Waals surface area contributed by atoms with Crippen LogP contribution in [0.15, 0.2) is 24.3 Å². The van der Waals surface area contributed by atoms with Crippen LogP contribution in [0.5, 0.6) is 0 Å². The second-order valence-corrected chi connectivity index (χ2v) is 4.88. The van der Waals surface area contributed by atoms with Crippen LogP contribution in [0.4, 0.5) is 4.39 Å². The second-order valence-electron chi connectivity index (χ2n) is 3.85. The summed E-state index contributed by atoms with van der Waals surface area (Å²) in [7, 11) is 0. The molecule has 0 amide bonds. The molecule has 0 bridgehead atoms. The average Bonchev–Trinajstić information content (AvgIpc) is 2.49. The highest BCUT2D eigenvalue weighted by atomic mass is 32.2. The van der Waals surface area contributed by atoms with E-state index in [0.29, 0.717) is 11.3 Å². The number of hydrogen-bond donors (Lipinski definition) is 1. The molecule has 0 saturated carbocycles. The maximum atomic E-state index is 13.0. The van der Waals surface area contributed by atoms with Crippen molar-refractivity contribution < 1.29 is 9.50 Å². The van der Waals surface area contributed by atoms with E-state index >= 15 is 0 Å². The summed E-state index contributed by atoms with van der Waals surface area (Å²) in [5, 5.41) is 10.4. The van der Waals surface area contributed by atoms with Crippen molar-refractivity contribution in [2.45, 2.75) is 12.5 Å². The summed E-state index contributed by atoms with van der Waals surface area (Å²) < 4.78 is 13.0. The molecule has 76 valence electrons. The summed E-state index contributed by atoms with van der Waals surface area (Å²) in [6.07, 6.45) is 0. The summed E-state index contributed by atoms with van der Waals surface area (Å²) in [6.45, 7) is 2.00. The molecule has 1 nitrogen and oxygen atoms in total.